The summed E-state index contributed by atoms with van der Waals surface area (Å²) in [5.41, 5.74) is -0.810. The van der Waals surface area contributed by atoms with E-state index in [4.69, 9.17) is 16.3 Å². The van der Waals surface area contributed by atoms with Crippen molar-refractivity contribution in [3.8, 4) is 5.75 Å². The lowest BCUT2D eigenvalue weighted by molar-refractivity contribution is -0.124. The van der Waals surface area contributed by atoms with Gasteiger partial charge < -0.3 is 15.2 Å². The second kappa shape index (κ2) is 5.80. The van der Waals surface area contributed by atoms with Crippen LogP contribution in [-0.2, 0) is 4.79 Å². The number of ether oxygens (including phenoxy) is 1. The van der Waals surface area contributed by atoms with Crippen LogP contribution in [0.5, 0.6) is 5.75 Å². The number of halogens is 1. The fourth-order valence-electron chi connectivity index (χ4n) is 1.86. The first-order valence-corrected chi connectivity index (χ1v) is 6.72. The van der Waals surface area contributed by atoms with Crippen molar-refractivity contribution in [3.63, 3.8) is 0 Å². The van der Waals surface area contributed by atoms with Crippen LogP contribution in [0.4, 0.5) is 0 Å². The molecule has 1 aliphatic rings. The molecule has 0 aliphatic heterocycles. The number of hydrogen-bond donors (Lipinski definition) is 2. The number of carbonyl (C=O) groups excluding carboxylic acids is 1. The number of aliphatic hydroxyl groups is 1. The van der Waals surface area contributed by atoms with Gasteiger partial charge in [0, 0.05) is 11.6 Å². The Morgan fingerprint density at radius 3 is 2.68 bits per heavy atom. The fourth-order valence-corrected chi connectivity index (χ4v) is 1.98. The van der Waals surface area contributed by atoms with Crippen LogP contribution in [0.15, 0.2) is 24.3 Å². The molecule has 1 aromatic rings. The second-order valence-electron chi connectivity index (χ2n) is 5.15. The van der Waals surface area contributed by atoms with Crippen LogP contribution in [0.25, 0.3) is 0 Å². The fraction of sp³-hybridized carbons (Fsp3) is 0.500. The van der Waals surface area contributed by atoms with Crippen molar-refractivity contribution in [1.29, 1.82) is 0 Å². The maximum absolute atomic E-state index is 11.6. The van der Waals surface area contributed by atoms with E-state index in [-0.39, 0.29) is 19.1 Å². The Morgan fingerprint density at radius 1 is 1.47 bits per heavy atom. The summed E-state index contributed by atoms with van der Waals surface area (Å²) in [5, 5.41) is 13.4. The Labute approximate surface area is 117 Å². The smallest absolute Gasteiger partial charge is 0.258 e. The molecule has 0 aromatic heterocycles. The Bertz CT molecular complexity index is 441. The largest absolute Gasteiger partial charge is 0.484 e. The first-order chi connectivity index (χ1) is 8.97. The molecule has 1 aromatic carbocycles. The van der Waals surface area contributed by atoms with Crippen LogP contribution in [0.3, 0.4) is 0 Å². The highest BCUT2D eigenvalue weighted by Crippen LogP contribution is 2.38. The quantitative estimate of drug-likeness (QED) is 0.839. The monoisotopic (exact) mass is 283 g/mol. The van der Waals surface area contributed by atoms with E-state index in [2.05, 4.69) is 5.32 Å². The van der Waals surface area contributed by atoms with Crippen LogP contribution in [0, 0.1) is 5.92 Å². The maximum atomic E-state index is 11.6. The number of amides is 1. The van der Waals surface area contributed by atoms with Crippen LogP contribution in [0.2, 0.25) is 5.02 Å². The van der Waals surface area contributed by atoms with Gasteiger partial charge in [-0.05, 0) is 49.9 Å². The number of carbonyl (C=O) groups is 1. The molecule has 2 N–H and O–H groups in total. The van der Waals surface area contributed by atoms with E-state index < -0.39 is 5.60 Å². The summed E-state index contributed by atoms with van der Waals surface area (Å²) in [5.74, 6) is 0.661. The topological polar surface area (TPSA) is 58.6 Å². The molecule has 104 valence electrons. The molecule has 0 bridgehead atoms. The summed E-state index contributed by atoms with van der Waals surface area (Å²) in [7, 11) is 0. The molecule has 0 saturated heterocycles. The number of nitrogens with one attached hydrogen (secondary N) is 1. The van der Waals surface area contributed by atoms with E-state index in [0.717, 1.165) is 12.8 Å². The predicted molar refractivity (Wildman–Crippen MR) is 73.3 cm³/mol. The molecule has 1 saturated carbocycles. The third-order valence-electron chi connectivity index (χ3n) is 3.28. The summed E-state index contributed by atoms with van der Waals surface area (Å²) in [6.45, 7) is 1.95. The van der Waals surface area contributed by atoms with E-state index in [1.165, 1.54) is 0 Å². The lowest BCUT2D eigenvalue weighted by Crippen LogP contribution is -2.43. The van der Waals surface area contributed by atoms with Crippen LogP contribution < -0.4 is 10.1 Å². The van der Waals surface area contributed by atoms with Crippen molar-refractivity contribution in [2.45, 2.75) is 25.4 Å². The third kappa shape index (κ3) is 4.40. The molecule has 19 heavy (non-hydrogen) atoms. The van der Waals surface area contributed by atoms with Gasteiger partial charge >= 0.3 is 0 Å². The summed E-state index contributed by atoms with van der Waals surface area (Å²) >= 11 is 5.75. The van der Waals surface area contributed by atoms with Gasteiger partial charge in [-0.1, -0.05) is 11.6 Å². The number of benzene rings is 1. The molecule has 1 unspecified atom stereocenters. The molecule has 1 aliphatic carbocycles. The highest BCUT2D eigenvalue weighted by molar-refractivity contribution is 6.30. The molecule has 1 fully saturated rings. The van der Waals surface area contributed by atoms with Crippen molar-refractivity contribution in [2.24, 2.45) is 5.92 Å². The highest BCUT2D eigenvalue weighted by Gasteiger charge is 2.39. The third-order valence-corrected chi connectivity index (χ3v) is 3.54. The zero-order valence-electron chi connectivity index (χ0n) is 10.9. The van der Waals surface area contributed by atoms with Gasteiger partial charge in [-0.3, -0.25) is 4.79 Å². The molecule has 1 amide bonds. The normalized spacial score (nSPS) is 17.6. The summed E-state index contributed by atoms with van der Waals surface area (Å²) < 4.78 is 5.31. The van der Waals surface area contributed by atoms with Gasteiger partial charge in [0.05, 0.1) is 5.60 Å². The zero-order chi connectivity index (χ0) is 13.9. The van der Waals surface area contributed by atoms with E-state index in [1.54, 1.807) is 31.2 Å². The van der Waals surface area contributed by atoms with Gasteiger partial charge in [0.25, 0.3) is 5.91 Å². The molecule has 0 spiro atoms. The Hall–Kier alpha value is -1.26. The molecule has 5 heteroatoms. The zero-order valence-corrected chi connectivity index (χ0v) is 11.6. The molecule has 1 atom stereocenters. The van der Waals surface area contributed by atoms with Crippen LogP contribution in [0.1, 0.15) is 19.8 Å². The second-order valence-corrected chi connectivity index (χ2v) is 5.59. The Morgan fingerprint density at radius 2 is 2.11 bits per heavy atom. The molecular formula is C14H18ClNO3. The minimum atomic E-state index is -0.810. The van der Waals surface area contributed by atoms with Crippen molar-refractivity contribution >= 4 is 17.5 Å². The SMILES string of the molecule is CC(O)(CNC(=O)COc1ccc(Cl)cc1)C1CC1. The van der Waals surface area contributed by atoms with Crippen molar-refractivity contribution < 1.29 is 14.6 Å². The molecule has 2 rings (SSSR count). The molecule has 4 nitrogen and oxygen atoms in total. The molecule has 0 radical (unpaired) electrons. The van der Waals surface area contributed by atoms with E-state index in [1.807, 2.05) is 0 Å². The molecular weight excluding hydrogens is 266 g/mol. The highest BCUT2D eigenvalue weighted by atomic mass is 35.5. The minimum absolute atomic E-state index is 0.0671. The van der Waals surface area contributed by atoms with Crippen molar-refractivity contribution in [1.82, 2.24) is 5.32 Å². The summed E-state index contributed by atoms with van der Waals surface area (Å²) in [6.07, 6.45) is 2.06. The van der Waals surface area contributed by atoms with Crippen LogP contribution in [-0.4, -0.2) is 29.8 Å². The van der Waals surface area contributed by atoms with Gasteiger partial charge in [-0.25, -0.2) is 0 Å². The number of hydrogen-bond acceptors (Lipinski definition) is 3. The van der Waals surface area contributed by atoms with E-state index >= 15 is 0 Å². The van der Waals surface area contributed by atoms with Crippen molar-refractivity contribution in [2.75, 3.05) is 13.2 Å². The Balaban J connectivity index is 1.71. The molecule has 0 heterocycles. The standard InChI is InChI=1S/C14H18ClNO3/c1-14(18,10-2-3-10)9-16-13(17)8-19-12-6-4-11(15)5-7-12/h4-7,10,18H,2-3,8-9H2,1H3,(H,16,17). The summed E-state index contributed by atoms with van der Waals surface area (Å²) in [6, 6.07) is 6.81. The van der Waals surface area contributed by atoms with Crippen LogP contribution >= 0.6 is 11.6 Å². The summed E-state index contributed by atoms with van der Waals surface area (Å²) in [4.78, 5) is 11.6. The van der Waals surface area contributed by atoms with Gasteiger partial charge in [0.15, 0.2) is 6.61 Å². The van der Waals surface area contributed by atoms with E-state index in [9.17, 15) is 9.90 Å². The first-order valence-electron chi connectivity index (χ1n) is 6.35. The minimum Gasteiger partial charge on any atom is -0.484 e. The predicted octanol–water partition coefficient (Wildman–Crippen LogP) is 2.00. The van der Waals surface area contributed by atoms with Gasteiger partial charge in [0.1, 0.15) is 5.75 Å². The lowest BCUT2D eigenvalue weighted by Gasteiger charge is -2.23. The Kier molecular flexibility index (Phi) is 4.32. The van der Waals surface area contributed by atoms with Crippen molar-refractivity contribution in [3.05, 3.63) is 29.3 Å². The van der Waals surface area contributed by atoms with Gasteiger partial charge in [-0.2, -0.15) is 0 Å². The van der Waals surface area contributed by atoms with Gasteiger partial charge in [0.2, 0.25) is 0 Å². The van der Waals surface area contributed by atoms with E-state index in [0.29, 0.717) is 16.7 Å². The average Bonchev–Trinajstić information content (AvgIpc) is 3.20. The van der Waals surface area contributed by atoms with Gasteiger partial charge in [-0.15, -0.1) is 0 Å². The first kappa shape index (κ1) is 14.2. The maximum Gasteiger partial charge on any atom is 0.258 e. The lowest BCUT2D eigenvalue weighted by atomic mass is 10.0. The number of rotatable bonds is 6. The average molecular weight is 284 g/mol.